The molecule has 0 radical (unpaired) electrons. The number of nitrogens with one attached hydrogen (secondary N) is 1. The molecule has 2 fully saturated rings. The Balaban J connectivity index is 1.53. The van der Waals surface area contributed by atoms with E-state index >= 15 is 0 Å². The van der Waals surface area contributed by atoms with Crippen LogP contribution in [0.5, 0.6) is 0 Å². The number of hydrogen-bond donors (Lipinski definition) is 2. The Kier molecular flexibility index (Phi) is 2.86. The molecule has 1 amide bonds. The summed E-state index contributed by atoms with van der Waals surface area (Å²) < 4.78 is 0. The monoisotopic (exact) mass is 244 g/mol. The predicted octanol–water partition coefficient (Wildman–Crippen LogP) is 1.79. The van der Waals surface area contributed by atoms with E-state index in [9.17, 15) is 4.79 Å². The normalized spacial score (nSPS) is 28.4. The Bertz CT molecular complexity index is 439. The highest BCUT2D eigenvalue weighted by atomic mass is 16.1. The Morgan fingerprint density at radius 2 is 2.06 bits per heavy atom. The highest BCUT2D eigenvalue weighted by Gasteiger charge is 2.45. The number of rotatable bonds is 5. The van der Waals surface area contributed by atoms with Crippen molar-refractivity contribution in [3.63, 3.8) is 0 Å². The van der Waals surface area contributed by atoms with E-state index in [0.717, 1.165) is 25.8 Å². The summed E-state index contributed by atoms with van der Waals surface area (Å²) in [5.74, 6) is 0.495. The molecule has 1 aromatic carbocycles. The third-order valence-electron chi connectivity index (χ3n) is 4.55. The van der Waals surface area contributed by atoms with E-state index in [2.05, 4.69) is 29.6 Å². The lowest BCUT2D eigenvalue weighted by molar-refractivity contribution is -0.132. The molecule has 3 heteroatoms. The van der Waals surface area contributed by atoms with Crippen molar-refractivity contribution in [1.82, 2.24) is 5.32 Å². The van der Waals surface area contributed by atoms with E-state index in [1.54, 1.807) is 0 Å². The zero-order chi connectivity index (χ0) is 12.6. The van der Waals surface area contributed by atoms with Gasteiger partial charge in [0.1, 0.15) is 0 Å². The summed E-state index contributed by atoms with van der Waals surface area (Å²) >= 11 is 0. The Hall–Kier alpha value is -1.35. The molecule has 1 aromatic rings. The largest absolute Gasteiger partial charge is 0.369 e. The van der Waals surface area contributed by atoms with Gasteiger partial charge in [0.05, 0.1) is 5.41 Å². The molecule has 0 bridgehead atoms. The van der Waals surface area contributed by atoms with Gasteiger partial charge in [-0.05, 0) is 24.8 Å². The Labute approximate surface area is 108 Å². The van der Waals surface area contributed by atoms with Crippen LogP contribution < -0.4 is 11.1 Å². The van der Waals surface area contributed by atoms with Crippen LogP contribution in [0.15, 0.2) is 30.3 Å². The van der Waals surface area contributed by atoms with Crippen LogP contribution in [0.2, 0.25) is 0 Å². The number of carbonyl (C=O) groups excluding carboxylic acids is 1. The predicted molar refractivity (Wildman–Crippen MR) is 71.1 cm³/mol. The zero-order valence-electron chi connectivity index (χ0n) is 10.6. The summed E-state index contributed by atoms with van der Waals surface area (Å²) in [7, 11) is 0. The SMILES string of the molecule is NC(=O)C1(CN[C@H]2C[C@@H]2c2ccccc2)CCC1. The molecule has 2 atom stereocenters. The number of benzene rings is 1. The molecule has 0 unspecified atom stereocenters. The highest BCUT2D eigenvalue weighted by molar-refractivity contribution is 5.82. The van der Waals surface area contributed by atoms with Gasteiger partial charge in [0.15, 0.2) is 0 Å². The van der Waals surface area contributed by atoms with Crippen LogP contribution in [0.1, 0.15) is 37.2 Å². The fraction of sp³-hybridized carbons (Fsp3) is 0.533. The van der Waals surface area contributed by atoms with Gasteiger partial charge in [-0.3, -0.25) is 4.79 Å². The van der Waals surface area contributed by atoms with Crippen molar-refractivity contribution in [1.29, 1.82) is 0 Å². The van der Waals surface area contributed by atoms with E-state index in [4.69, 9.17) is 5.73 Å². The maximum absolute atomic E-state index is 11.5. The van der Waals surface area contributed by atoms with E-state index in [1.807, 2.05) is 6.07 Å². The van der Waals surface area contributed by atoms with Crippen LogP contribution >= 0.6 is 0 Å². The van der Waals surface area contributed by atoms with Crippen LogP contribution in [0.25, 0.3) is 0 Å². The van der Waals surface area contributed by atoms with Crippen molar-refractivity contribution >= 4 is 5.91 Å². The fourth-order valence-corrected chi connectivity index (χ4v) is 2.93. The molecule has 96 valence electrons. The van der Waals surface area contributed by atoms with E-state index in [0.29, 0.717) is 12.0 Å². The molecule has 3 rings (SSSR count). The molecule has 0 heterocycles. The smallest absolute Gasteiger partial charge is 0.224 e. The molecular weight excluding hydrogens is 224 g/mol. The van der Waals surface area contributed by atoms with Crippen LogP contribution in [-0.4, -0.2) is 18.5 Å². The molecular formula is C15H20N2O. The average molecular weight is 244 g/mol. The quantitative estimate of drug-likeness (QED) is 0.829. The van der Waals surface area contributed by atoms with Gasteiger partial charge in [0.25, 0.3) is 0 Å². The van der Waals surface area contributed by atoms with Gasteiger partial charge in [0.2, 0.25) is 5.91 Å². The summed E-state index contributed by atoms with van der Waals surface area (Å²) in [6.07, 6.45) is 4.23. The van der Waals surface area contributed by atoms with E-state index in [-0.39, 0.29) is 11.3 Å². The first kappa shape index (κ1) is 11.7. The molecule has 0 aromatic heterocycles. The van der Waals surface area contributed by atoms with Gasteiger partial charge in [-0.15, -0.1) is 0 Å². The van der Waals surface area contributed by atoms with Crippen molar-refractivity contribution in [2.75, 3.05) is 6.54 Å². The summed E-state index contributed by atoms with van der Waals surface area (Å²) in [6.45, 7) is 0.760. The summed E-state index contributed by atoms with van der Waals surface area (Å²) in [5.41, 5.74) is 6.66. The molecule has 0 saturated heterocycles. The summed E-state index contributed by atoms with van der Waals surface area (Å²) in [6, 6.07) is 11.1. The van der Waals surface area contributed by atoms with Crippen LogP contribution in [0, 0.1) is 5.41 Å². The molecule has 2 aliphatic rings. The molecule has 3 nitrogen and oxygen atoms in total. The Morgan fingerprint density at radius 3 is 2.61 bits per heavy atom. The topological polar surface area (TPSA) is 55.1 Å². The van der Waals surface area contributed by atoms with Gasteiger partial charge in [-0.1, -0.05) is 36.8 Å². The van der Waals surface area contributed by atoms with Gasteiger partial charge < -0.3 is 11.1 Å². The number of hydrogen-bond acceptors (Lipinski definition) is 2. The summed E-state index contributed by atoms with van der Waals surface area (Å²) in [4.78, 5) is 11.5. The second kappa shape index (κ2) is 4.39. The molecule has 3 N–H and O–H groups in total. The number of amides is 1. The third kappa shape index (κ3) is 2.03. The molecule has 18 heavy (non-hydrogen) atoms. The lowest BCUT2D eigenvalue weighted by Gasteiger charge is -2.39. The first-order chi connectivity index (χ1) is 8.71. The van der Waals surface area contributed by atoms with Gasteiger partial charge in [-0.2, -0.15) is 0 Å². The maximum Gasteiger partial charge on any atom is 0.224 e. The second-order valence-electron chi connectivity index (χ2n) is 5.74. The second-order valence-corrected chi connectivity index (χ2v) is 5.74. The zero-order valence-corrected chi connectivity index (χ0v) is 10.6. The molecule has 0 spiro atoms. The third-order valence-corrected chi connectivity index (χ3v) is 4.55. The molecule has 2 aliphatic carbocycles. The molecule has 0 aliphatic heterocycles. The van der Waals surface area contributed by atoms with Crippen molar-refractivity contribution < 1.29 is 4.79 Å². The van der Waals surface area contributed by atoms with Crippen LogP contribution in [0.4, 0.5) is 0 Å². The van der Waals surface area contributed by atoms with Crippen molar-refractivity contribution in [2.45, 2.75) is 37.6 Å². The van der Waals surface area contributed by atoms with Gasteiger partial charge in [-0.25, -0.2) is 0 Å². The minimum absolute atomic E-state index is 0.127. The number of primary amides is 1. The number of nitrogens with two attached hydrogens (primary N) is 1. The van der Waals surface area contributed by atoms with Crippen LogP contribution in [0.3, 0.4) is 0 Å². The summed E-state index contributed by atoms with van der Waals surface area (Å²) in [5, 5.41) is 3.53. The molecule has 2 saturated carbocycles. The van der Waals surface area contributed by atoms with Crippen molar-refractivity contribution in [3.05, 3.63) is 35.9 Å². The highest BCUT2D eigenvalue weighted by Crippen LogP contribution is 2.44. The lowest BCUT2D eigenvalue weighted by atomic mass is 9.68. The van der Waals surface area contributed by atoms with E-state index < -0.39 is 0 Å². The van der Waals surface area contributed by atoms with Gasteiger partial charge in [0, 0.05) is 18.5 Å². The standard InChI is InChI=1S/C15H20N2O/c16-14(18)15(7-4-8-15)10-17-13-9-12(13)11-5-2-1-3-6-11/h1-3,5-6,12-13,17H,4,7-10H2,(H2,16,18)/t12-,13+/m1/s1. The van der Waals surface area contributed by atoms with Crippen molar-refractivity contribution in [2.24, 2.45) is 11.1 Å². The van der Waals surface area contributed by atoms with E-state index in [1.165, 1.54) is 12.0 Å². The average Bonchev–Trinajstić information content (AvgIpc) is 3.08. The minimum atomic E-state index is -0.246. The van der Waals surface area contributed by atoms with Crippen molar-refractivity contribution in [3.8, 4) is 0 Å². The Morgan fingerprint density at radius 1 is 1.33 bits per heavy atom. The number of carbonyl (C=O) groups is 1. The maximum atomic E-state index is 11.5. The first-order valence-electron chi connectivity index (χ1n) is 6.79. The van der Waals surface area contributed by atoms with Crippen LogP contribution in [-0.2, 0) is 4.79 Å². The lowest BCUT2D eigenvalue weighted by Crippen LogP contribution is -2.50. The van der Waals surface area contributed by atoms with Gasteiger partial charge >= 0.3 is 0 Å². The fourth-order valence-electron chi connectivity index (χ4n) is 2.93. The first-order valence-corrected chi connectivity index (χ1v) is 6.79. The minimum Gasteiger partial charge on any atom is -0.369 e.